The Labute approximate surface area is 255 Å². The van der Waals surface area contributed by atoms with Crippen molar-refractivity contribution < 1.29 is 14.3 Å². The molecule has 1 N–H and O–H groups in total. The Bertz CT molecular complexity index is 1440. The summed E-state index contributed by atoms with van der Waals surface area (Å²) in [5.41, 5.74) is 8.53. The molecule has 8 nitrogen and oxygen atoms in total. The van der Waals surface area contributed by atoms with E-state index < -0.39 is 0 Å². The summed E-state index contributed by atoms with van der Waals surface area (Å²) in [6.07, 6.45) is 12.3. The SMILES string of the molecule is COC/C1=C/C(c2[nH]c3ccc(C4CCN(CC(=O)N(C)C5CCOCC5)CC4)cc3c2C(C)C)=C\CCC2N=CN=C12. The monoisotopic (exact) mass is 585 g/mol. The number of likely N-dealkylation sites (N-methyl/N-ethyl adjacent to an activating group) is 1. The number of hydrogen-bond donors (Lipinski definition) is 1. The predicted molar refractivity (Wildman–Crippen MR) is 174 cm³/mol. The Morgan fingerprint density at radius 1 is 1.16 bits per heavy atom. The molecule has 43 heavy (non-hydrogen) atoms. The number of hydrogen-bond acceptors (Lipinski definition) is 6. The predicted octanol–water partition coefficient (Wildman–Crippen LogP) is 5.71. The second-order valence-corrected chi connectivity index (χ2v) is 12.9. The highest BCUT2D eigenvalue weighted by molar-refractivity contribution is 6.12. The van der Waals surface area contributed by atoms with Crippen LogP contribution in [-0.2, 0) is 14.3 Å². The zero-order chi connectivity index (χ0) is 29.9. The first-order valence-electron chi connectivity index (χ1n) is 16.1. The van der Waals surface area contributed by atoms with Crippen molar-refractivity contribution in [1.82, 2.24) is 14.8 Å². The number of likely N-dealkylation sites (tertiary alicyclic amines) is 1. The number of nitrogens with one attached hydrogen (secondary N) is 1. The zero-order valence-corrected chi connectivity index (χ0v) is 26.3. The molecule has 6 rings (SSSR count). The smallest absolute Gasteiger partial charge is 0.236 e. The standard InChI is InChI=1S/C35H47N5O3/c1-23(2)33-29-19-25(24-10-14-40(15-11-24)20-32(41)39(3)28-12-16-43-17-13-28)8-9-30(29)38-35(33)26-6-5-7-31-34(37-22-36-31)27(18-26)21-42-4/h6,8-9,18-19,22-24,28,31,38H,5,7,10-17,20-21H2,1-4H3/b26-6+,27-18-. The molecule has 8 heteroatoms. The molecule has 4 aliphatic rings. The van der Waals surface area contributed by atoms with Gasteiger partial charge in [0.1, 0.15) is 6.34 Å². The third-order valence-electron chi connectivity index (χ3n) is 9.80. The molecule has 0 bridgehead atoms. The van der Waals surface area contributed by atoms with Crippen molar-refractivity contribution >= 4 is 34.4 Å². The van der Waals surface area contributed by atoms with Crippen LogP contribution in [0.4, 0.5) is 0 Å². The molecule has 1 amide bonds. The van der Waals surface area contributed by atoms with Gasteiger partial charge in [-0.15, -0.1) is 0 Å². The zero-order valence-electron chi connectivity index (χ0n) is 26.3. The van der Waals surface area contributed by atoms with E-state index >= 15 is 0 Å². The molecule has 2 fully saturated rings. The number of benzene rings is 1. The summed E-state index contributed by atoms with van der Waals surface area (Å²) < 4.78 is 11.1. The average Bonchev–Trinajstić information content (AvgIpc) is 3.63. The van der Waals surface area contributed by atoms with E-state index in [0.717, 1.165) is 76.1 Å². The van der Waals surface area contributed by atoms with Crippen molar-refractivity contribution in [3.8, 4) is 0 Å². The van der Waals surface area contributed by atoms with Gasteiger partial charge in [-0.1, -0.05) is 26.0 Å². The Morgan fingerprint density at radius 3 is 2.70 bits per heavy atom. The van der Waals surface area contributed by atoms with E-state index in [1.807, 2.05) is 11.9 Å². The molecule has 1 atom stereocenters. The van der Waals surface area contributed by atoms with Gasteiger partial charge >= 0.3 is 0 Å². The highest BCUT2D eigenvalue weighted by Gasteiger charge is 2.28. The summed E-state index contributed by atoms with van der Waals surface area (Å²) in [7, 11) is 3.71. The number of nitrogens with zero attached hydrogens (tertiary/aromatic N) is 4. The lowest BCUT2D eigenvalue weighted by Crippen LogP contribution is -2.46. The van der Waals surface area contributed by atoms with Crippen molar-refractivity contribution in [2.75, 3.05) is 53.6 Å². The van der Waals surface area contributed by atoms with Gasteiger partial charge in [0.2, 0.25) is 5.91 Å². The first kappa shape index (κ1) is 30.0. The van der Waals surface area contributed by atoms with Crippen LogP contribution in [0.25, 0.3) is 16.5 Å². The lowest BCUT2D eigenvalue weighted by atomic mass is 9.87. The molecule has 1 aromatic carbocycles. The number of aromatic amines is 1. The van der Waals surface area contributed by atoms with Crippen LogP contribution in [0, 0.1) is 0 Å². The van der Waals surface area contributed by atoms with E-state index in [1.165, 1.54) is 33.3 Å². The van der Waals surface area contributed by atoms with Crippen molar-refractivity contribution in [2.45, 2.75) is 76.3 Å². The van der Waals surface area contributed by atoms with E-state index in [0.29, 0.717) is 31.0 Å². The minimum Gasteiger partial charge on any atom is -0.381 e. The molecular formula is C35H47N5O3. The quantitative estimate of drug-likeness (QED) is 0.430. The van der Waals surface area contributed by atoms with Crippen LogP contribution in [0.5, 0.6) is 0 Å². The maximum Gasteiger partial charge on any atom is 0.236 e. The molecule has 0 saturated carbocycles. The number of H-pyrrole nitrogens is 1. The first-order valence-corrected chi connectivity index (χ1v) is 16.1. The lowest BCUT2D eigenvalue weighted by Gasteiger charge is -2.35. The lowest BCUT2D eigenvalue weighted by molar-refractivity contribution is -0.135. The van der Waals surface area contributed by atoms with Crippen LogP contribution in [0.15, 0.2) is 45.9 Å². The molecule has 1 unspecified atom stereocenters. The highest BCUT2D eigenvalue weighted by atomic mass is 16.5. The molecule has 3 aliphatic heterocycles. The van der Waals surface area contributed by atoms with Crippen LogP contribution < -0.4 is 0 Å². The van der Waals surface area contributed by atoms with Gasteiger partial charge in [0.25, 0.3) is 0 Å². The van der Waals surface area contributed by atoms with Crippen LogP contribution in [-0.4, -0.2) is 98.4 Å². The molecule has 0 radical (unpaired) electrons. The van der Waals surface area contributed by atoms with E-state index in [2.05, 4.69) is 64.1 Å². The maximum absolute atomic E-state index is 13.0. The number of ether oxygens (including phenoxy) is 2. The molecule has 4 heterocycles. The van der Waals surface area contributed by atoms with Gasteiger partial charge in [0, 0.05) is 55.6 Å². The fourth-order valence-corrected chi connectivity index (χ4v) is 7.32. The van der Waals surface area contributed by atoms with E-state index in [-0.39, 0.29) is 11.9 Å². The Morgan fingerprint density at radius 2 is 1.95 bits per heavy atom. The summed E-state index contributed by atoms with van der Waals surface area (Å²) >= 11 is 0. The van der Waals surface area contributed by atoms with Gasteiger partial charge in [0.05, 0.1) is 24.9 Å². The van der Waals surface area contributed by atoms with E-state index in [9.17, 15) is 4.79 Å². The molecule has 2 aromatic rings. The number of methoxy groups -OCH3 is 1. The normalized spacial score (nSPS) is 24.7. The molecule has 1 aromatic heterocycles. The number of amides is 1. The summed E-state index contributed by atoms with van der Waals surface area (Å²) in [4.78, 5) is 30.3. The third-order valence-corrected chi connectivity index (χ3v) is 9.80. The summed E-state index contributed by atoms with van der Waals surface area (Å²) in [6, 6.07) is 7.46. The second-order valence-electron chi connectivity index (χ2n) is 12.9. The second kappa shape index (κ2) is 13.3. The highest BCUT2D eigenvalue weighted by Crippen LogP contribution is 2.38. The van der Waals surface area contributed by atoms with Crippen molar-refractivity contribution in [3.63, 3.8) is 0 Å². The van der Waals surface area contributed by atoms with Gasteiger partial charge in [0.15, 0.2) is 0 Å². The topological polar surface area (TPSA) is 82.5 Å². The number of carbonyl (C=O) groups excluding carboxylic acids is 1. The molecule has 1 aliphatic carbocycles. The average molecular weight is 586 g/mol. The maximum atomic E-state index is 13.0. The molecule has 2 saturated heterocycles. The van der Waals surface area contributed by atoms with E-state index in [1.54, 1.807) is 13.4 Å². The molecular weight excluding hydrogens is 538 g/mol. The number of allylic oxidation sites excluding steroid dienone is 3. The fourth-order valence-electron chi connectivity index (χ4n) is 7.32. The molecule has 230 valence electrons. The number of aliphatic imine (C=N–C) groups is 2. The Kier molecular flexibility index (Phi) is 9.26. The Balaban J connectivity index is 1.19. The fraction of sp³-hybridized carbons (Fsp3) is 0.571. The summed E-state index contributed by atoms with van der Waals surface area (Å²) in [6.45, 7) is 9.06. The van der Waals surface area contributed by atoms with Gasteiger partial charge in [-0.25, -0.2) is 4.99 Å². The minimum atomic E-state index is 0.131. The van der Waals surface area contributed by atoms with Crippen molar-refractivity contribution in [1.29, 1.82) is 0 Å². The van der Waals surface area contributed by atoms with Crippen LogP contribution in [0.3, 0.4) is 0 Å². The number of rotatable bonds is 8. The van der Waals surface area contributed by atoms with Crippen LogP contribution in [0.1, 0.15) is 81.0 Å². The van der Waals surface area contributed by atoms with Crippen molar-refractivity contribution in [2.24, 2.45) is 9.98 Å². The van der Waals surface area contributed by atoms with Crippen molar-refractivity contribution in [3.05, 3.63) is 52.7 Å². The summed E-state index contributed by atoms with van der Waals surface area (Å²) in [5.74, 6) is 1.11. The molecule has 0 spiro atoms. The number of carbonyl (C=O) groups is 1. The van der Waals surface area contributed by atoms with Gasteiger partial charge in [-0.05, 0) is 98.4 Å². The number of piperidine rings is 1. The summed E-state index contributed by atoms with van der Waals surface area (Å²) in [5, 5.41) is 1.32. The third kappa shape index (κ3) is 6.42. The van der Waals surface area contributed by atoms with Gasteiger partial charge in [-0.3, -0.25) is 14.7 Å². The minimum absolute atomic E-state index is 0.131. The Hall–Kier alpha value is -3.07. The first-order chi connectivity index (χ1) is 20.9. The largest absolute Gasteiger partial charge is 0.381 e. The van der Waals surface area contributed by atoms with E-state index in [4.69, 9.17) is 9.47 Å². The van der Waals surface area contributed by atoms with Gasteiger partial charge in [-0.2, -0.15) is 0 Å². The van der Waals surface area contributed by atoms with Gasteiger partial charge < -0.3 is 19.4 Å². The number of fused-ring (bicyclic) bond motifs is 2. The number of aromatic nitrogens is 1. The van der Waals surface area contributed by atoms with Crippen LogP contribution in [0.2, 0.25) is 0 Å². The van der Waals surface area contributed by atoms with Crippen LogP contribution >= 0.6 is 0 Å².